The monoisotopic (exact) mass is 460 g/mol. The molecule has 0 aliphatic rings. The van der Waals surface area contributed by atoms with Crippen LogP contribution in [0.3, 0.4) is 0 Å². The van der Waals surface area contributed by atoms with E-state index in [2.05, 4.69) is 26.0 Å². The number of amides is 1. The average Bonchev–Trinajstić information content (AvgIpc) is 2.68. The zero-order valence-corrected chi connectivity index (χ0v) is 17.2. The Labute approximate surface area is 171 Å². The molecule has 0 saturated carbocycles. The Balaban J connectivity index is 1.73. The lowest BCUT2D eigenvalue weighted by Gasteiger charge is -2.11. The van der Waals surface area contributed by atoms with Gasteiger partial charge in [-0.2, -0.15) is 0 Å². The SMILES string of the molecule is COc1ccccc1NC(=O)c1ccc(NS(=O)(=O)c2cccc(Br)c2)cc1. The smallest absolute Gasteiger partial charge is 0.261 e. The molecule has 3 aromatic carbocycles. The average molecular weight is 461 g/mol. The molecular weight excluding hydrogens is 444 g/mol. The molecule has 3 aromatic rings. The van der Waals surface area contributed by atoms with Gasteiger partial charge in [0.05, 0.1) is 17.7 Å². The number of carbonyl (C=O) groups excluding carboxylic acids is 1. The van der Waals surface area contributed by atoms with Crippen molar-refractivity contribution in [3.05, 3.63) is 82.8 Å². The van der Waals surface area contributed by atoms with Crippen molar-refractivity contribution >= 4 is 43.2 Å². The summed E-state index contributed by atoms with van der Waals surface area (Å²) >= 11 is 3.26. The first-order chi connectivity index (χ1) is 13.4. The number of methoxy groups -OCH3 is 1. The highest BCUT2D eigenvalue weighted by molar-refractivity contribution is 9.10. The van der Waals surface area contributed by atoms with Crippen LogP contribution in [0.5, 0.6) is 5.75 Å². The van der Waals surface area contributed by atoms with Gasteiger partial charge in [-0.1, -0.05) is 34.1 Å². The van der Waals surface area contributed by atoms with Gasteiger partial charge in [0, 0.05) is 15.7 Å². The van der Waals surface area contributed by atoms with E-state index in [4.69, 9.17) is 4.74 Å². The number of para-hydroxylation sites is 2. The fourth-order valence-corrected chi connectivity index (χ4v) is 4.14. The molecule has 0 radical (unpaired) electrons. The molecular formula is C20H17BrN2O4S. The Morgan fingerprint density at radius 1 is 0.964 bits per heavy atom. The van der Waals surface area contributed by atoms with Crippen LogP contribution in [0.1, 0.15) is 10.4 Å². The molecule has 0 bridgehead atoms. The fraction of sp³-hybridized carbons (Fsp3) is 0.0500. The van der Waals surface area contributed by atoms with E-state index in [9.17, 15) is 13.2 Å². The van der Waals surface area contributed by atoms with E-state index in [1.165, 1.54) is 31.4 Å². The standard InChI is InChI=1S/C20H17BrN2O4S/c1-27-19-8-3-2-7-18(19)22-20(24)14-9-11-16(12-10-14)23-28(25,26)17-6-4-5-15(21)13-17/h2-13,23H,1H3,(H,22,24). The number of halogens is 1. The van der Waals surface area contributed by atoms with E-state index in [-0.39, 0.29) is 10.8 Å². The summed E-state index contributed by atoms with van der Waals surface area (Å²) in [5.41, 5.74) is 1.29. The summed E-state index contributed by atoms with van der Waals surface area (Å²) < 4.78 is 33.3. The molecule has 0 heterocycles. The summed E-state index contributed by atoms with van der Waals surface area (Å²) in [7, 11) is -2.20. The minimum absolute atomic E-state index is 0.139. The molecule has 0 fully saturated rings. The minimum atomic E-state index is -3.72. The number of nitrogens with one attached hydrogen (secondary N) is 2. The first kappa shape index (κ1) is 19.9. The van der Waals surface area contributed by atoms with Crippen LogP contribution in [0.4, 0.5) is 11.4 Å². The highest BCUT2D eigenvalue weighted by Gasteiger charge is 2.15. The number of hydrogen-bond donors (Lipinski definition) is 2. The number of ether oxygens (including phenoxy) is 1. The van der Waals surface area contributed by atoms with Crippen molar-refractivity contribution in [2.24, 2.45) is 0 Å². The van der Waals surface area contributed by atoms with E-state index in [0.717, 1.165) is 0 Å². The second-order valence-electron chi connectivity index (χ2n) is 5.79. The topological polar surface area (TPSA) is 84.5 Å². The van der Waals surface area contributed by atoms with E-state index in [0.29, 0.717) is 27.2 Å². The molecule has 0 aromatic heterocycles. The van der Waals surface area contributed by atoms with Crippen LogP contribution in [-0.2, 0) is 10.0 Å². The van der Waals surface area contributed by atoms with Crippen molar-refractivity contribution in [3.63, 3.8) is 0 Å². The van der Waals surface area contributed by atoms with Crippen LogP contribution < -0.4 is 14.8 Å². The lowest BCUT2D eigenvalue weighted by molar-refractivity contribution is 0.102. The van der Waals surface area contributed by atoms with Gasteiger partial charge >= 0.3 is 0 Å². The summed E-state index contributed by atoms with van der Waals surface area (Å²) in [5, 5.41) is 2.77. The maximum absolute atomic E-state index is 12.5. The molecule has 0 spiro atoms. The molecule has 3 rings (SSSR count). The van der Waals surface area contributed by atoms with Crippen molar-refractivity contribution < 1.29 is 17.9 Å². The predicted octanol–water partition coefficient (Wildman–Crippen LogP) is 4.51. The Kier molecular flexibility index (Phi) is 6.01. The number of carbonyl (C=O) groups is 1. The number of sulfonamides is 1. The second kappa shape index (κ2) is 8.45. The Hall–Kier alpha value is -2.84. The van der Waals surface area contributed by atoms with Crippen LogP contribution in [-0.4, -0.2) is 21.4 Å². The zero-order valence-electron chi connectivity index (χ0n) is 14.8. The van der Waals surface area contributed by atoms with Crippen LogP contribution in [0, 0.1) is 0 Å². The van der Waals surface area contributed by atoms with Crippen LogP contribution in [0.15, 0.2) is 82.2 Å². The summed E-state index contributed by atoms with van der Waals surface area (Å²) in [6.45, 7) is 0. The third-order valence-electron chi connectivity index (χ3n) is 3.86. The number of benzene rings is 3. The third-order valence-corrected chi connectivity index (χ3v) is 5.73. The van der Waals surface area contributed by atoms with E-state index < -0.39 is 10.0 Å². The molecule has 0 aliphatic heterocycles. The molecule has 28 heavy (non-hydrogen) atoms. The number of anilines is 2. The van der Waals surface area contributed by atoms with Crippen LogP contribution in [0.25, 0.3) is 0 Å². The van der Waals surface area contributed by atoms with Gasteiger partial charge in [0.2, 0.25) is 0 Å². The highest BCUT2D eigenvalue weighted by Crippen LogP contribution is 2.24. The first-order valence-electron chi connectivity index (χ1n) is 8.22. The van der Waals surface area contributed by atoms with Crippen molar-refractivity contribution in [2.45, 2.75) is 4.90 Å². The van der Waals surface area contributed by atoms with E-state index in [1.807, 2.05) is 0 Å². The van der Waals surface area contributed by atoms with Crippen molar-refractivity contribution in [1.29, 1.82) is 0 Å². The summed E-state index contributed by atoms with van der Waals surface area (Å²) in [4.78, 5) is 12.6. The van der Waals surface area contributed by atoms with Gasteiger partial charge in [0.25, 0.3) is 15.9 Å². The lowest BCUT2D eigenvalue weighted by Crippen LogP contribution is -2.14. The maximum atomic E-state index is 12.5. The molecule has 2 N–H and O–H groups in total. The Morgan fingerprint density at radius 2 is 1.68 bits per heavy atom. The van der Waals surface area contributed by atoms with Crippen LogP contribution >= 0.6 is 15.9 Å². The van der Waals surface area contributed by atoms with Crippen molar-refractivity contribution in [2.75, 3.05) is 17.1 Å². The largest absolute Gasteiger partial charge is 0.495 e. The van der Waals surface area contributed by atoms with E-state index in [1.54, 1.807) is 48.5 Å². The fourth-order valence-electron chi connectivity index (χ4n) is 2.48. The molecule has 0 unspecified atom stereocenters. The number of hydrogen-bond acceptors (Lipinski definition) is 4. The van der Waals surface area contributed by atoms with Gasteiger partial charge in [0.1, 0.15) is 5.75 Å². The van der Waals surface area contributed by atoms with Gasteiger partial charge in [-0.3, -0.25) is 9.52 Å². The quantitative estimate of drug-likeness (QED) is 0.566. The van der Waals surface area contributed by atoms with Gasteiger partial charge in [-0.15, -0.1) is 0 Å². The molecule has 8 heteroatoms. The van der Waals surface area contributed by atoms with Crippen molar-refractivity contribution in [3.8, 4) is 5.75 Å². The maximum Gasteiger partial charge on any atom is 0.261 e. The minimum Gasteiger partial charge on any atom is -0.495 e. The molecule has 1 amide bonds. The molecule has 0 saturated heterocycles. The second-order valence-corrected chi connectivity index (χ2v) is 8.39. The van der Waals surface area contributed by atoms with Gasteiger partial charge in [0.15, 0.2) is 0 Å². The van der Waals surface area contributed by atoms with Gasteiger partial charge < -0.3 is 10.1 Å². The molecule has 144 valence electrons. The molecule has 6 nitrogen and oxygen atoms in total. The first-order valence-corrected chi connectivity index (χ1v) is 10.5. The Bertz CT molecular complexity index is 1100. The summed E-state index contributed by atoms with van der Waals surface area (Å²) in [5.74, 6) is 0.222. The summed E-state index contributed by atoms with van der Waals surface area (Å²) in [6.07, 6.45) is 0. The van der Waals surface area contributed by atoms with Crippen LogP contribution in [0.2, 0.25) is 0 Å². The lowest BCUT2D eigenvalue weighted by atomic mass is 10.2. The third kappa shape index (κ3) is 4.71. The van der Waals surface area contributed by atoms with Gasteiger partial charge in [-0.25, -0.2) is 8.42 Å². The van der Waals surface area contributed by atoms with E-state index >= 15 is 0 Å². The molecule has 0 aliphatic carbocycles. The number of rotatable bonds is 6. The van der Waals surface area contributed by atoms with Crippen molar-refractivity contribution in [1.82, 2.24) is 0 Å². The normalized spacial score (nSPS) is 10.9. The summed E-state index contributed by atoms with van der Waals surface area (Å²) in [6, 6.07) is 19.6. The molecule has 0 atom stereocenters. The zero-order chi connectivity index (χ0) is 20.1. The highest BCUT2D eigenvalue weighted by atomic mass is 79.9. The van der Waals surface area contributed by atoms with Gasteiger partial charge in [-0.05, 0) is 54.6 Å². The Morgan fingerprint density at radius 3 is 2.36 bits per heavy atom. The predicted molar refractivity (Wildman–Crippen MR) is 112 cm³/mol.